The molecule has 0 N–H and O–H groups in total. The van der Waals surface area contributed by atoms with Crippen LogP contribution in [0.1, 0.15) is 10.4 Å². The highest BCUT2D eigenvalue weighted by Gasteiger charge is 2.05. The van der Waals surface area contributed by atoms with Gasteiger partial charge >= 0.3 is 0 Å². The molecule has 2 rings (SSSR count). The van der Waals surface area contributed by atoms with Crippen LogP contribution in [0.3, 0.4) is 0 Å². The summed E-state index contributed by atoms with van der Waals surface area (Å²) in [5.41, 5.74) is 1.32. The summed E-state index contributed by atoms with van der Waals surface area (Å²) in [6.45, 7) is 1.94. The Morgan fingerprint density at radius 2 is 1.94 bits per heavy atom. The summed E-state index contributed by atoms with van der Waals surface area (Å²) in [4.78, 5) is 3.70. The van der Waals surface area contributed by atoms with Gasteiger partial charge in [-0.3, -0.25) is 4.90 Å². The highest BCUT2D eigenvalue weighted by Crippen LogP contribution is 2.22. The molecule has 0 aliphatic rings. The number of thiophene rings is 1. The molecule has 17 heavy (non-hydrogen) atoms. The third-order valence-corrected chi connectivity index (χ3v) is 4.90. The van der Waals surface area contributed by atoms with E-state index in [0.29, 0.717) is 0 Å². The van der Waals surface area contributed by atoms with E-state index in [-0.39, 0.29) is 0 Å². The Balaban J connectivity index is 1.98. The van der Waals surface area contributed by atoms with Crippen molar-refractivity contribution in [1.29, 1.82) is 0 Å². The third kappa shape index (κ3) is 3.91. The van der Waals surface area contributed by atoms with E-state index in [4.69, 9.17) is 0 Å². The molecule has 1 aromatic carbocycles. The summed E-state index contributed by atoms with van der Waals surface area (Å²) >= 11 is 8.86. The van der Waals surface area contributed by atoms with Crippen LogP contribution in [0.25, 0.3) is 0 Å². The molecule has 0 spiro atoms. The van der Waals surface area contributed by atoms with Gasteiger partial charge in [-0.2, -0.15) is 0 Å². The maximum Gasteiger partial charge on any atom is 0.0328 e. The van der Waals surface area contributed by atoms with E-state index in [2.05, 4.69) is 73.5 Å². The van der Waals surface area contributed by atoms with E-state index in [1.165, 1.54) is 19.4 Å². The Hall–Kier alpha value is -0.160. The summed E-state index contributed by atoms with van der Waals surface area (Å²) in [5, 5.41) is 2.13. The van der Waals surface area contributed by atoms with Gasteiger partial charge in [0.05, 0.1) is 0 Å². The minimum absolute atomic E-state index is 0.955. The predicted molar refractivity (Wildman–Crippen MR) is 81.3 cm³/mol. The molecule has 1 nitrogen and oxygen atoms in total. The average molecular weight is 375 g/mol. The Morgan fingerprint density at radius 3 is 2.59 bits per heavy atom. The SMILES string of the molecule is CN(Cc1cc(Br)cs1)Cc1ccccc1Br. The lowest BCUT2D eigenvalue weighted by molar-refractivity contribution is 0.321. The molecule has 4 heteroatoms. The largest absolute Gasteiger partial charge is 0.297 e. The zero-order valence-corrected chi connectivity index (χ0v) is 13.5. The van der Waals surface area contributed by atoms with Crippen LogP contribution in [0.15, 0.2) is 44.7 Å². The van der Waals surface area contributed by atoms with Gasteiger partial charge in [0.2, 0.25) is 0 Å². The molecule has 0 aliphatic heterocycles. The molecule has 0 fully saturated rings. The molecule has 2 aromatic rings. The second-order valence-electron chi connectivity index (χ2n) is 3.99. The Kier molecular flexibility index (Phi) is 4.79. The fraction of sp³-hybridized carbons (Fsp3) is 0.231. The van der Waals surface area contributed by atoms with Gasteiger partial charge in [0.1, 0.15) is 0 Å². The van der Waals surface area contributed by atoms with E-state index in [1.54, 1.807) is 11.3 Å². The highest BCUT2D eigenvalue weighted by molar-refractivity contribution is 9.10. The first-order chi connectivity index (χ1) is 8.15. The van der Waals surface area contributed by atoms with Crippen molar-refractivity contribution in [2.24, 2.45) is 0 Å². The summed E-state index contributed by atoms with van der Waals surface area (Å²) in [7, 11) is 2.15. The summed E-state index contributed by atoms with van der Waals surface area (Å²) in [6.07, 6.45) is 0. The molecule has 1 heterocycles. The molecule has 0 radical (unpaired) electrons. The Bertz CT molecular complexity index is 496. The smallest absolute Gasteiger partial charge is 0.0328 e. The first kappa shape index (κ1) is 13.3. The lowest BCUT2D eigenvalue weighted by Gasteiger charge is -2.16. The molecule has 0 bridgehead atoms. The lowest BCUT2D eigenvalue weighted by Crippen LogP contribution is -2.16. The fourth-order valence-corrected chi connectivity index (χ4v) is 3.62. The summed E-state index contributed by atoms with van der Waals surface area (Å²) < 4.78 is 2.35. The minimum atomic E-state index is 0.955. The third-order valence-electron chi connectivity index (χ3n) is 2.45. The molecular formula is C13H13Br2NS. The molecule has 0 aliphatic carbocycles. The van der Waals surface area contributed by atoms with Crippen LogP contribution in [0, 0.1) is 0 Å². The first-order valence-electron chi connectivity index (χ1n) is 5.30. The second-order valence-corrected chi connectivity index (χ2v) is 6.76. The van der Waals surface area contributed by atoms with Crippen LogP contribution in [0.4, 0.5) is 0 Å². The minimum Gasteiger partial charge on any atom is -0.297 e. The van der Waals surface area contributed by atoms with Crippen LogP contribution in [0.2, 0.25) is 0 Å². The Morgan fingerprint density at radius 1 is 1.18 bits per heavy atom. The first-order valence-corrected chi connectivity index (χ1v) is 7.76. The van der Waals surface area contributed by atoms with Crippen molar-refractivity contribution in [2.75, 3.05) is 7.05 Å². The van der Waals surface area contributed by atoms with Gasteiger partial charge in [-0.25, -0.2) is 0 Å². The van der Waals surface area contributed by atoms with E-state index < -0.39 is 0 Å². The van der Waals surface area contributed by atoms with Gasteiger partial charge in [0.25, 0.3) is 0 Å². The molecule has 90 valence electrons. The van der Waals surface area contributed by atoms with Crippen molar-refractivity contribution >= 4 is 43.2 Å². The highest BCUT2D eigenvalue weighted by atomic mass is 79.9. The second kappa shape index (κ2) is 6.14. The maximum absolute atomic E-state index is 3.58. The van der Waals surface area contributed by atoms with E-state index in [0.717, 1.165) is 13.1 Å². The summed E-state index contributed by atoms with van der Waals surface area (Å²) in [6, 6.07) is 10.6. The van der Waals surface area contributed by atoms with Gasteiger partial charge in [-0.1, -0.05) is 34.1 Å². The predicted octanol–water partition coefficient (Wildman–Crippen LogP) is 4.91. The molecule has 1 aromatic heterocycles. The van der Waals surface area contributed by atoms with Gasteiger partial charge < -0.3 is 0 Å². The molecule has 0 atom stereocenters. The summed E-state index contributed by atoms with van der Waals surface area (Å²) in [5.74, 6) is 0. The quantitative estimate of drug-likeness (QED) is 0.735. The average Bonchev–Trinajstić information content (AvgIpc) is 2.67. The Labute approximate surface area is 123 Å². The number of hydrogen-bond donors (Lipinski definition) is 0. The fourth-order valence-electron chi connectivity index (χ4n) is 1.68. The number of rotatable bonds is 4. The lowest BCUT2D eigenvalue weighted by atomic mass is 10.2. The van der Waals surface area contributed by atoms with Gasteiger partial charge in [-0.15, -0.1) is 11.3 Å². The molecule has 0 saturated carbocycles. The van der Waals surface area contributed by atoms with Crippen LogP contribution >= 0.6 is 43.2 Å². The van der Waals surface area contributed by atoms with Gasteiger partial charge in [0, 0.05) is 32.3 Å². The van der Waals surface area contributed by atoms with Crippen molar-refractivity contribution < 1.29 is 0 Å². The zero-order valence-electron chi connectivity index (χ0n) is 9.49. The zero-order chi connectivity index (χ0) is 12.3. The van der Waals surface area contributed by atoms with Crippen molar-refractivity contribution in [3.05, 3.63) is 55.1 Å². The van der Waals surface area contributed by atoms with Crippen LogP contribution in [-0.2, 0) is 13.1 Å². The normalized spacial score (nSPS) is 11.1. The standard InChI is InChI=1S/C13H13Br2NS/c1-16(8-12-6-11(14)9-17-12)7-10-4-2-3-5-13(10)15/h2-6,9H,7-8H2,1H3. The molecule has 0 saturated heterocycles. The topological polar surface area (TPSA) is 3.24 Å². The monoisotopic (exact) mass is 373 g/mol. The van der Waals surface area contributed by atoms with Gasteiger partial charge in [0.15, 0.2) is 0 Å². The van der Waals surface area contributed by atoms with Crippen molar-refractivity contribution in [3.63, 3.8) is 0 Å². The van der Waals surface area contributed by atoms with E-state index >= 15 is 0 Å². The van der Waals surface area contributed by atoms with E-state index in [9.17, 15) is 0 Å². The maximum atomic E-state index is 3.58. The van der Waals surface area contributed by atoms with Crippen LogP contribution in [0.5, 0.6) is 0 Å². The molecule has 0 amide bonds. The van der Waals surface area contributed by atoms with E-state index in [1.807, 2.05) is 6.07 Å². The number of halogens is 2. The van der Waals surface area contributed by atoms with Gasteiger partial charge in [-0.05, 0) is 40.7 Å². The van der Waals surface area contributed by atoms with Crippen molar-refractivity contribution in [1.82, 2.24) is 4.90 Å². The van der Waals surface area contributed by atoms with Crippen molar-refractivity contribution in [3.8, 4) is 0 Å². The van der Waals surface area contributed by atoms with Crippen LogP contribution < -0.4 is 0 Å². The number of nitrogens with zero attached hydrogens (tertiary/aromatic N) is 1. The van der Waals surface area contributed by atoms with Crippen LogP contribution in [-0.4, -0.2) is 11.9 Å². The molecule has 0 unspecified atom stereocenters. The van der Waals surface area contributed by atoms with Crippen molar-refractivity contribution in [2.45, 2.75) is 13.1 Å². The number of benzene rings is 1. The molecular weight excluding hydrogens is 362 g/mol. The number of hydrogen-bond acceptors (Lipinski definition) is 2.